The van der Waals surface area contributed by atoms with Crippen LogP contribution >= 0.6 is 0 Å². The Kier molecular flexibility index (Phi) is 6.11. The zero-order chi connectivity index (χ0) is 32.3. The fourth-order valence-corrected chi connectivity index (χ4v) is 7.32. The summed E-state index contributed by atoms with van der Waals surface area (Å²) in [7, 11) is 0. The lowest BCUT2D eigenvalue weighted by Gasteiger charge is -2.14. The molecule has 10 rings (SSSR count). The lowest BCUT2D eigenvalue weighted by Crippen LogP contribution is -2.01. The van der Waals surface area contributed by atoms with Crippen LogP contribution < -0.4 is 0 Å². The molecule has 0 fully saturated rings. The maximum absolute atomic E-state index is 4.68. The monoisotopic (exact) mass is 627 g/mol. The molecule has 0 aliphatic heterocycles. The van der Waals surface area contributed by atoms with Crippen LogP contribution in [-0.4, -0.2) is 23.9 Å². The van der Waals surface area contributed by atoms with Crippen LogP contribution in [0.15, 0.2) is 176 Å². The SMILES string of the molecule is c1ccc(-c2nnc(-c3ccccc3)n2-c2ccc(-n3c4ccccc4c4ccc5cc6ccn(-c7ccccc7)c6cc5c43)cc2)cc1. The molecule has 5 nitrogen and oxygen atoms in total. The first-order valence-electron chi connectivity index (χ1n) is 16.5. The number of benzene rings is 7. The van der Waals surface area contributed by atoms with Gasteiger partial charge in [-0.05, 0) is 66.0 Å². The molecular formula is C44H29N5. The molecule has 49 heavy (non-hydrogen) atoms. The van der Waals surface area contributed by atoms with Gasteiger partial charge >= 0.3 is 0 Å². The minimum Gasteiger partial charge on any atom is -0.317 e. The summed E-state index contributed by atoms with van der Waals surface area (Å²) < 4.78 is 6.86. The van der Waals surface area contributed by atoms with Crippen molar-refractivity contribution in [3.63, 3.8) is 0 Å². The van der Waals surface area contributed by atoms with E-state index >= 15 is 0 Å². The molecular weight excluding hydrogens is 599 g/mol. The molecule has 0 bridgehead atoms. The molecule has 7 aromatic carbocycles. The summed E-state index contributed by atoms with van der Waals surface area (Å²) in [6.45, 7) is 0. The first-order valence-corrected chi connectivity index (χ1v) is 16.5. The molecule has 0 aliphatic carbocycles. The molecule has 0 atom stereocenters. The molecule has 5 heteroatoms. The van der Waals surface area contributed by atoms with E-state index in [4.69, 9.17) is 0 Å². The van der Waals surface area contributed by atoms with Crippen molar-refractivity contribution in [2.24, 2.45) is 0 Å². The van der Waals surface area contributed by atoms with E-state index < -0.39 is 0 Å². The molecule has 230 valence electrons. The number of para-hydroxylation sites is 2. The van der Waals surface area contributed by atoms with Gasteiger partial charge in [0.1, 0.15) is 0 Å². The van der Waals surface area contributed by atoms with Gasteiger partial charge in [-0.2, -0.15) is 0 Å². The summed E-state index contributed by atoms with van der Waals surface area (Å²) in [6, 6.07) is 60.0. The Morgan fingerprint density at radius 2 is 0.959 bits per heavy atom. The van der Waals surface area contributed by atoms with Crippen LogP contribution in [0.4, 0.5) is 0 Å². The molecule has 3 aromatic heterocycles. The first-order chi connectivity index (χ1) is 24.3. The lowest BCUT2D eigenvalue weighted by molar-refractivity contribution is 1.07. The van der Waals surface area contributed by atoms with Gasteiger partial charge < -0.3 is 9.13 Å². The summed E-state index contributed by atoms with van der Waals surface area (Å²) in [5.41, 5.74) is 8.84. The predicted octanol–water partition coefficient (Wildman–Crippen LogP) is 10.8. The average molecular weight is 628 g/mol. The van der Waals surface area contributed by atoms with Gasteiger partial charge in [0, 0.05) is 55.9 Å². The van der Waals surface area contributed by atoms with E-state index in [2.05, 4.69) is 164 Å². The third-order valence-corrected chi connectivity index (χ3v) is 9.59. The van der Waals surface area contributed by atoms with E-state index in [1.807, 2.05) is 36.4 Å². The largest absolute Gasteiger partial charge is 0.317 e. The van der Waals surface area contributed by atoms with Crippen LogP contribution in [0.1, 0.15) is 0 Å². The minimum absolute atomic E-state index is 0.806. The van der Waals surface area contributed by atoms with Crippen molar-refractivity contribution >= 4 is 43.5 Å². The zero-order valence-corrected chi connectivity index (χ0v) is 26.5. The molecule has 3 heterocycles. The van der Waals surface area contributed by atoms with Crippen LogP contribution in [0.3, 0.4) is 0 Å². The van der Waals surface area contributed by atoms with Crippen molar-refractivity contribution in [1.82, 2.24) is 23.9 Å². The number of fused-ring (bicyclic) bond motifs is 6. The van der Waals surface area contributed by atoms with E-state index in [9.17, 15) is 0 Å². The zero-order valence-electron chi connectivity index (χ0n) is 26.5. The molecule has 0 unspecified atom stereocenters. The molecule has 0 aliphatic rings. The summed E-state index contributed by atoms with van der Waals surface area (Å²) >= 11 is 0. The highest BCUT2D eigenvalue weighted by atomic mass is 15.3. The molecule has 0 spiro atoms. The van der Waals surface area contributed by atoms with Gasteiger partial charge in [0.25, 0.3) is 0 Å². The Hall–Kier alpha value is -6.72. The molecule has 10 aromatic rings. The van der Waals surface area contributed by atoms with Crippen LogP contribution in [0.25, 0.3) is 83.3 Å². The van der Waals surface area contributed by atoms with Gasteiger partial charge in [-0.3, -0.25) is 4.57 Å². The second-order valence-corrected chi connectivity index (χ2v) is 12.4. The lowest BCUT2D eigenvalue weighted by atomic mass is 10.0. The summed E-state index contributed by atoms with van der Waals surface area (Å²) in [4.78, 5) is 0. The van der Waals surface area contributed by atoms with Crippen molar-refractivity contribution in [2.75, 3.05) is 0 Å². The number of rotatable bonds is 5. The highest BCUT2D eigenvalue weighted by Gasteiger charge is 2.19. The Labute approximate surface area is 282 Å². The third-order valence-electron chi connectivity index (χ3n) is 9.59. The molecule has 0 N–H and O–H groups in total. The topological polar surface area (TPSA) is 40.6 Å². The van der Waals surface area contributed by atoms with E-state index in [1.54, 1.807) is 0 Å². The number of aromatic nitrogens is 5. The fraction of sp³-hybridized carbons (Fsp3) is 0. The number of nitrogens with zero attached hydrogens (tertiary/aromatic N) is 5. The van der Waals surface area contributed by atoms with Crippen LogP contribution in [0.5, 0.6) is 0 Å². The maximum Gasteiger partial charge on any atom is 0.168 e. The number of hydrogen-bond acceptors (Lipinski definition) is 2. The average Bonchev–Trinajstić information content (AvgIpc) is 3.89. The molecule has 0 radical (unpaired) electrons. The van der Waals surface area contributed by atoms with Gasteiger partial charge in [-0.15, -0.1) is 10.2 Å². The van der Waals surface area contributed by atoms with Crippen LogP contribution in [0, 0.1) is 0 Å². The Balaban J connectivity index is 1.20. The number of hydrogen-bond donors (Lipinski definition) is 0. The molecule has 0 saturated heterocycles. The standard InChI is InChI=1S/C44H29N5/c1-4-12-30(13-5-1)43-45-46-44(31-14-6-2-7-15-31)49(43)36-23-21-35(22-24-36)48-40-19-11-10-18-37(40)38-25-20-32-28-33-26-27-47(34-16-8-3-9-17-34)41(33)29-39(32)42(38)48/h1-29H. The van der Waals surface area contributed by atoms with E-state index in [0.717, 1.165) is 39.8 Å². The van der Waals surface area contributed by atoms with Crippen molar-refractivity contribution in [3.8, 4) is 39.8 Å². The highest BCUT2D eigenvalue weighted by Crippen LogP contribution is 2.39. The van der Waals surface area contributed by atoms with E-state index in [-0.39, 0.29) is 0 Å². The summed E-state index contributed by atoms with van der Waals surface area (Å²) in [5, 5.41) is 15.5. The predicted molar refractivity (Wildman–Crippen MR) is 201 cm³/mol. The quantitative estimate of drug-likeness (QED) is 0.190. The van der Waals surface area contributed by atoms with Crippen molar-refractivity contribution < 1.29 is 0 Å². The Morgan fingerprint density at radius 1 is 0.367 bits per heavy atom. The highest BCUT2D eigenvalue weighted by molar-refractivity contribution is 6.20. The van der Waals surface area contributed by atoms with Crippen molar-refractivity contribution in [2.45, 2.75) is 0 Å². The van der Waals surface area contributed by atoms with Crippen molar-refractivity contribution in [1.29, 1.82) is 0 Å². The van der Waals surface area contributed by atoms with Gasteiger partial charge in [-0.25, -0.2) is 0 Å². The second-order valence-electron chi connectivity index (χ2n) is 12.4. The third kappa shape index (κ3) is 4.33. The van der Waals surface area contributed by atoms with Crippen molar-refractivity contribution in [3.05, 3.63) is 176 Å². The van der Waals surface area contributed by atoms with Gasteiger partial charge in [0.05, 0.1) is 16.6 Å². The normalized spacial score (nSPS) is 11.7. The minimum atomic E-state index is 0.806. The fourth-order valence-electron chi connectivity index (χ4n) is 7.32. The van der Waals surface area contributed by atoms with Gasteiger partial charge in [0.2, 0.25) is 0 Å². The smallest absolute Gasteiger partial charge is 0.168 e. The van der Waals surface area contributed by atoms with Gasteiger partial charge in [-0.1, -0.05) is 109 Å². The summed E-state index contributed by atoms with van der Waals surface area (Å²) in [5.74, 6) is 1.61. The summed E-state index contributed by atoms with van der Waals surface area (Å²) in [6.07, 6.45) is 2.17. The van der Waals surface area contributed by atoms with E-state index in [0.29, 0.717) is 0 Å². The second kappa shape index (κ2) is 10.9. The van der Waals surface area contributed by atoms with Gasteiger partial charge in [0.15, 0.2) is 11.6 Å². The Bertz CT molecular complexity index is 2730. The molecule has 0 saturated carbocycles. The van der Waals surface area contributed by atoms with Crippen LogP contribution in [0.2, 0.25) is 0 Å². The van der Waals surface area contributed by atoms with Crippen LogP contribution in [-0.2, 0) is 0 Å². The molecule has 0 amide bonds. The first kappa shape index (κ1) is 27.4. The van der Waals surface area contributed by atoms with E-state index in [1.165, 1.54) is 43.5 Å². The Morgan fingerprint density at radius 3 is 1.63 bits per heavy atom. The maximum atomic E-state index is 4.68.